The van der Waals surface area contributed by atoms with E-state index in [1.165, 1.54) is 21.9 Å². The summed E-state index contributed by atoms with van der Waals surface area (Å²) in [6.07, 6.45) is 0.976. The number of halogens is 2. The van der Waals surface area contributed by atoms with Gasteiger partial charge in [0.1, 0.15) is 0 Å². The Balaban J connectivity index is 2.31. The molecule has 0 radical (unpaired) electrons. The summed E-state index contributed by atoms with van der Waals surface area (Å²) in [5, 5.41) is 1.34. The average molecular weight is 251 g/mol. The summed E-state index contributed by atoms with van der Waals surface area (Å²) >= 11 is 12.5. The zero-order chi connectivity index (χ0) is 10.4. The smallest absolute Gasteiger partial charge is 0.132 e. The van der Waals surface area contributed by atoms with Crippen LogP contribution in [0.2, 0.25) is 4.63 Å². The van der Waals surface area contributed by atoms with Gasteiger partial charge in [-0.15, -0.1) is 11.1 Å². The van der Waals surface area contributed by atoms with Crippen molar-refractivity contribution in [1.82, 2.24) is 0 Å². The molecule has 0 amide bonds. The summed E-state index contributed by atoms with van der Waals surface area (Å²) in [5.74, 6) is 0. The van der Waals surface area contributed by atoms with Gasteiger partial charge in [0.25, 0.3) is 0 Å². The molecule has 0 saturated heterocycles. The van der Waals surface area contributed by atoms with E-state index in [1.807, 2.05) is 6.07 Å². The molecule has 3 heteroatoms. The maximum Gasteiger partial charge on any atom is 0.175 e. The molecular weight excluding hydrogens is 243 g/mol. The highest BCUT2D eigenvalue weighted by Gasteiger charge is 2.21. The van der Waals surface area contributed by atoms with E-state index in [1.54, 1.807) is 0 Å². The zero-order valence-corrected chi connectivity index (χ0v) is 10.4. The van der Waals surface area contributed by atoms with E-state index in [0.29, 0.717) is 0 Å². The van der Waals surface area contributed by atoms with E-state index < -0.39 is 7.71 Å². The van der Waals surface area contributed by atoms with Crippen molar-refractivity contribution in [3.63, 3.8) is 0 Å². The Morgan fingerprint density at radius 3 is 2.67 bits per heavy atom. The minimum atomic E-state index is -1.17. The van der Waals surface area contributed by atoms with Gasteiger partial charge in [0, 0.05) is 4.63 Å². The maximum absolute atomic E-state index is 6.38. The number of fused-ring (bicyclic) bond motifs is 3. The molecule has 0 saturated carbocycles. The van der Waals surface area contributed by atoms with E-state index >= 15 is 0 Å². The second-order valence-electron chi connectivity index (χ2n) is 3.72. The van der Waals surface area contributed by atoms with Gasteiger partial charge in [-0.2, -0.15) is 0 Å². The predicted molar refractivity (Wildman–Crippen MR) is 66.9 cm³/mol. The van der Waals surface area contributed by atoms with Gasteiger partial charge in [-0.25, -0.2) is 0 Å². The standard InChI is InChI=1S/C12H8Cl2Si/c13-12-6-5-10-9-4-2-1-3-8(9)7-11(10)15(12)14/h1-6H,7H2. The Kier molecular flexibility index (Phi) is 2.20. The summed E-state index contributed by atoms with van der Waals surface area (Å²) in [5.41, 5.74) is 4.01. The van der Waals surface area contributed by atoms with E-state index in [2.05, 4.69) is 30.3 Å². The molecule has 74 valence electrons. The number of hydrogen-bond acceptors (Lipinski definition) is 0. The van der Waals surface area contributed by atoms with E-state index in [0.717, 1.165) is 11.1 Å². The van der Waals surface area contributed by atoms with Gasteiger partial charge in [0.05, 0.1) is 0 Å². The average Bonchev–Trinajstić information content (AvgIpc) is 2.63. The van der Waals surface area contributed by atoms with Gasteiger partial charge in [-0.05, 0) is 34.4 Å². The summed E-state index contributed by atoms with van der Waals surface area (Å²) < 4.78 is 0.827. The van der Waals surface area contributed by atoms with Crippen LogP contribution >= 0.6 is 22.7 Å². The van der Waals surface area contributed by atoms with Crippen LogP contribution in [-0.2, 0) is 6.42 Å². The van der Waals surface area contributed by atoms with Crippen molar-refractivity contribution in [2.24, 2.45) is 0 Å². The first kappa shape index (κ1) is 9.58. The molecule has 2 aromatic rings. The SMILES string of the molecule is Clc1ccc2c([si]1Cl)Cc1ccccc1-2. The van der Waals surface area contributed by atoms with Crippen LogP contribution in [0.5, 0.6) is 0 Å². The predicted octanol–water partition coefficient (Wildman–Crippen LogP) is 3.94. The monoisotopic (exact) mass is 250 g/mol. The van der Waals surface area contributed by atoms with Gasteiger partial charge in [-0.1, -0.05) is 41.9 Å². The van der Waals surface area contributed by atoms with Gasteiger partial charge < -0.3 is 0 Å². The van der Waals surface area contributed by atoms with Crippen molar-refractivity contribution in [1.29, 1.82) is 0 Å². The highest BCUT2D eigenvalue weighted by atomic mass is 35.6. The quantitative estimate of drug-likeness (QED) is 0.419. The molecule has 1 aromatic heterocycles. The van der Waals surface area contributed by atoms with Crippen LogP contribution in [0.1, 0.15) is 10.7 Å². The van der Waals surface area contributed by atoms with Gasteiger partial charge in [0.2, 0.25) is 0 Å². The highest BCUT2D eigenvalue weighted by molar-refractivity contribution is 7.07. The van der Waals surface area contributed by atoms with Crippen LogP contribution in [0.15, 0.2) is 36.4 Å². The summed E-state index contributed by atoms with van der Waals surface area (Å²) in [6, 6.07) is 12.5. The van der Waals surface area contributed by atoms with Gasteiger partial charge >= 0.3 is 0 Å². The van der Waals surface area contributed by atoms with Crippen LogP contribution in [0.3, 0.4) is 0 Å². The van der Waals surface area contributed by atoms with E-state index in [9.17, 15) is 0 Å². The molecule has 0 spiro atoms. The molecule has 1 aliphatic carbocycles. The Morgan fingerprint density at radius 2 is 1.80 bits per heavy atom. The molecule has 0 fully saturated rings. The lowest BCUT2D eigenvalue weighted by molar-refractivity contribution is 1.30. The first-order valence-corrected chi connectivity index (χ1v) is 7.71. The van der Waals surface area contributed by atoms with Gasteiger partial charge in [-0.3, -0.25) is 0 Å². The topological polar surface area (TPSA) is 0 Å². The first-order chi connectivity index (χ1) is 7.27. The minimum Gasteiger partial charge on any atom is -0.132 e. The largest absolute Gasteiger partial charge is 0.175 e. The summed E-state index contributed by atoms with van der Waals surface area (Å²) in [4.78, 5) is 0. The van der Waals surface area contributed by atoms with Crippen molar-refractivity contribution in [3.8, 4) is 11.1 Å². The Hall–Kier alpha value is -0.633. The Bertz CT molecular complexity index is 549. The third kappa shape index (κ3) is 1.38. The lowest BCUT2D eigenvalue weighted by Crippen LogP contribution is -1.96. The molecular formula is C12H8Cl2Si. The van der Waals surface area contributed by atoms with Crippen molar-refractivity contribution in [3.05, 3.63) is 51.8 Å². The number of benzene rings is 1. The first-order valence-electron chi connectivity index (χ1n) is 4.82. The maximum atomic E-state index is 6.38. The number of rotatable bonds is 0. The van der Waals surface area contributed by atoms with Crippen LogP contribution in [0.25, 0.3) is 11.1 Å². The lowest BCUT2D eigenvalue weighted by Gasteiger charge is -2.03. The second kappa shape index (κ2) is 3.44. The van der Waals surface area contributed by atoms with Crippen LogP contribution in [-0.4, -0.2) is 7.71 Å². The summed E-state index contributed by atoms with van der Waals surface area (Å²) in [7, 11) is -1.17. The van der Waals surface area contributed by atoms with Crippen LogP contribution in [0, 0.1) is 0 Å². The van der Waals surface area contributed by atoms with Crippen molar-refractivity contribution in [2.75, 3.05) is 0 Å². The molecule has 3 rings (SSSR count). The second-order valence-corrected chi connectivity index (χ2v) is 7.35. The number of hydrogen-bond donors (Lipinski definition) is 0. The van der Waals surface area contributed by atoms with Gasteiger partial charge in [0.15, 0.2) is 7.71 Å². The Morgan fingerprint density at radius 1 is 1.00 bits per heavy atom. The van der Waals surface area contributed by atoms with Crippen molar-refractivity contribution in [2.45, 2.75) is 6.42 Å². The van der Waals surface area contributed by atoms with Crippen LogP contribution < -0.4 is 0 Å². The fourth-order valence-corrected chi connectivity index (χ4v) is 4.56. The molecule has 15 heavy (non-hydrogen) atoms. The molecule has 0 N–H and O–H groups in total. The fourth-order valence-electron chi connectivity index (χ4n) is 2.15. The molecule has 1 aromatic carbocycles. The molecule has 0 nitrogen and oxygen atoms in total. The zero-order valence-electron chi connectivity index (χ0n) is 7.93. The summed E-state index contributed by atoms with van der Waals surface area (Å²) in [6.45, 7) is 0. The third-order valence-corrected chi connectivity index (χ3v) is 6.71. The van der Waals surface area contributed by atoms with E-state index in [-0.39, 0.29) is 0 Å². The van der Waals surface area contributed by atoms with Crippen LogP contribution in [0.4, 0.5) is 0 Å². The Labute approximate surface area is 99.7 Å². The molecule has 0 bridgehead atoms. The molecule has 1 heterocycles. The molecule has 1 aliphatic rings. The van der Waals surface area contributed by atoms with E-state index in [4.69, 9.17) is 22.7 Å². The van der Waals surface area contributed by atoms with Crippen molar-refractivity contribution >= 4 is 30.4 Å². The minimum absolute atomic E-state index is 0.827. The highest BCUT2D eigenvalue weighted by Crippen LogP contribution is 2.37. The molecule has 0 unspecified atom stereocenters. The molecule has 0 aliphatic heterocycles. The third-order valence-electron chi connectivity index (χ3n) is 2.87. The lowest BCUT2D eigenvalue weighted by atomic mass is 10.1. The van der Waals surface area contributed by atoms with Crippen molar-refractivity contribution < 1.29 is 0 Å². The molecule has 0 atom stereocenters. The normalized spacial score (nSPS) is 12.4. The fraction of sp³-hybridized carbons (Fsp3) is 0.0833.